The van der Waals surface area contributed by atoms with Gasteiger partial charge in [-0.1, -0.05) is 35.3 Å². The predicted octanol–water partition coefficient (Wildman–Crippen LogP) is 5.61. The first-order chi connectivity index (χ1) is 14.6. The zero-order valence-corrected chi connectivity index (χ0v) is 17.3. The number of pyridine rings is 2. The summed E-state index contributed by atoms with van der Waals surface area (Å²) >= 11 is 12.4. The minimum absolute atomic E-state index is 0.302. The summed E-state index contributed by atoms with van der Waals surface area (Å²) in [6.45, 7) is 0. The van der Waals surface area contributed by atoms with Crippen LogP contribution in [0.5, 0.6) is 0 Å². The number of halogens is 2. The van der Waals surface area contributed by atoms with Crippen LogP contribution in [0.2, 0.25) is 10.0 Å². The van der Waals surface area contributed by atoms with Crippen molar-refractivity contribution < 1.29 is 4.79 Å². The van der Waals surface area contributed by atoms with Gasteiger partial charge in [-0.3, -0.25) is 4.79 Å². The second-order valence-electron chi connectivity index (χ2n) is 7.36. The summed E-state index contributed by atoms with van der Waals surface area (Å²) < 4.78 is 0. The summed E-state index contributed by atoms with van der Waals surface area (Å²) in [5, 5.41) is 6.96. The summed E-state index contributed by atoms with van der Waals surface area (Å²) in [7, 11) is 0. The van der Waals surface area contributed by atoms with E-state index in [4.69, 9.17) is 23.2 Å². The quantitative estimate of drug-likeness (QED) is 0.555. The molecule has 1 fully saturated rings. The highest BCUT2D eigenvalue weighted by atomic mass is 35.5. The fourth-order valence-electron chi connectivity index (χ4n) is 3.38. The highest BCUT2D eigenvalue weighted by molar-refractivity contribution is 6.39. The Hall–Kier alpha value is -2.96. The van der Waals surface area contributed by atoms with Crippen molar-refractivity contribution in [2.75, 3.05) is 10.6 Å². The zero-order valence-electron chi connectivity index (χ0n) is 15.8. The number of aromatic nitrogens is 2. The van der Waals surface area contributed by atoms with Crippen LogP contribution in [0.25, 0.3) is 0 Å². The van der Waals surface area contributed by atoms with E-state index in [-0.39, 0.29) is 5.91 Å². The molecule has 0 unspecified atom stereocenters. The van der Waals surface area contributed by atoms with Crippen LogP contribution in [-0.4, -0.2) is 21.7 Å². The largest absolute Gasteiger partial charge is 0.342 e. The molecule has 2 aromatic heterocycles. The highest BCUT2D eigenvalue weighted by Crippen LogP contribution is 2.39. The van der Waals surface area contributed by atoms with Crippen molar-refractivity contribution in [2.24, 2.45) is 4.99 Å². The molecule has 2 N–H and O–H groups in total. The highest BCUT2D eigenvalue weighted by Gasteiger charge is 2.24. The molecular weight excluding hydrogens is 421 g/mol. The van der Waals surface area contributed by atoms with E-state index in [9.17, 15) is 4.79 Å². The van der Waals surface area contributed by atoms with Gasteiger partial charge >= 0.3 is 0 Å². The van der Waals surface area contributed by atoms with E-state index in [2.05, 4.69) is 25.6 Å². The SMILES string of the molecule is O=C(Nc1ccc(C2CC2)cn1)c1cc2c(cn1)NC(=Nc1c(Cl)cccc1Cl)C2. The number of hydrogen-bond donors (Lipinski definition) is 2. The second kappa shape index (κ2) is 7.70. The lowest BCUT2D eigenvalue weighted by Crippen LogP contribution is -2.14. The van der Waals surface area contributed by atoms with Gasteiger partial charge in [-0.05, 0) is 54.2 Å². The number of benzene rings is 1. The van der Waals surface area contributed by atoms with Crippen molar-refractivity contribution in [3.05, 3.63) is 75.7 Å². The van der Waals surface area contributed by atoms with E-state index in [1.165, 1.54) is 18.4 Å². The van der Waals surface area contributed by atoms with Crippen LogP contribution in [0.1, 0.15) is 40.4 Å². The fraction of sp³-hybridized carbons (Fsp3) is 0.182. The van der Waals surface area contributed by atoms with Gasteiger partial charge in [0.25, 0.3) is 5.91 Å². The van der Waals surface area contributed by atoms with Crippen molar-refractivity contribution >= 4 is 52.1 Å². The molecular formula is C22H17Cl2N5O. The van der Waals surface area contributed by atoms with Crippen molar-refractivity contribution in [1.82, 2.24) is 9.97 Å². The minimum Gasteiger partial charge on any atom is -0.342 e. The molecule has 1 saturated carbocycles. The number of aliphatic imine (C=N–C) groups is 1. The molecule has 1 aliphatic carbocycles. The number of para-hydroxylation sites is 1. The number of carbonyl (C=O) groups excluding carboxylic acids is 1. The van der Waals surface area contributed by atoms with Gasteiger partial charge in [0, 0.05) is 12.6 Å². The lowest BCUT2D eigenvalue weighted by Gasteiger charge is -2.06. The molecule has 3 heterocycles. The van der Waals surface area contributed by atoms with Crippen LogP contribution in [0.3, 0.4) is 0 Å². The van der Waals surface area contributed by atoms with Crippen LogP contribution in [0.4, 0.5) is 17.2 Å². The molecule has 1 aromatic carbocycles. The van der Waals surface area contributed by atoms with Gasteiger partial charge in [0.1, 0.15) is 23.0 Å². The minimum atomic E-state index is -0.302. The summed E-state index contributed by atoms with van der Waals surface area (Å²) in [5.41, 5.74) is 3.79. The summed E-state index contributed by atoms with van der Waals surface area (Å²) in [5.74, 6) is 1.53. The van der Waals surface area contributed by atoms with Crippen LogP contribution >= 0.6 is 23.2 Å². The second-order valence-corrected chi connectivity index (χ2v) is 8.18. The molecule has 30 heavy (non-hydrogen) atoms. The van der Waals surface area contributed by atoms with E-state index in [1.54, 1.807) is 30.5 Å². The topological polar surface area (TPSA) is 79.3 Å². The summed E-state index contributed by atoms with van der Waals surface area (Å²) in [4.78, 5) is 25.8. The normalized spacial score (nSPS) is 16.3. The van der Waals surface area contributed by atoms with E-state index >= 15 is 0 Å². The van der Waals surface area contributed by atoms with Crippen molar-refractivity contribution in [3.63, 3.8) is 0 Å². The Morgan fingerprint density at radius 3 is 2.60 bits per heavy atom. The number of rotatable bonds is 4. The first-order valence-electron chi connectivity index (χ1n) is 9.61. The van der Waals surface area contributed by atoms with Gasteiger partial charge in [0.2, 0.25) is 0 Å². The maximum absolute atomic E-state index is 12.6. The molecule has 150 valence electrons. The summed E-state index contributed by atoms with van der Waals surface area (Å²) in [6.07, 6.45) is 6.41. The number of amidine groups is 1. The maximum atomic E-state index is 12.6. The van der Waals surface area contributed by atoms with Crippen molar-refractivity contribution in [1.29, 1.82) is 0 Å². The molecule has 5 rings (SSSR count). The van der Waals surface area contributed by atoms with Crippen LogP contribution in [0, 0.1) is 0 Å². The smallest absolute Gasteiger partial charge is 0.275 e. The molecule has 8 heteroatoms. The molecule has 0 bridgehead atoms. The average Bonchev–Trinajstić information content (AvgIpc) is 3.50. The Kier molecular flexibility index (Phi) is 4.89. The number of anilines is 2. The van der Waals surface area contributed by atoms with E-state index in [0.29, 0.717) is 45.4 Å². The Labute approximate surface area is 183 Å². The fourth-order valence-corrected chi connectivity index (χ4v) is 3.86. The molecule has 2 aliphatic rings. The first kappa shape index (κ1) is 19.0. The van der Waals surface area contributed by atoms with Gasteiger partial charge in [-0.15, -0.1) is 0 Å². The van der Waals surface area contributed by atoms with Gasteiger partial charge in [-0.2, -0.15) is 0 Å². The number of nitrogens with one attached hydrogen (secondary N) is 2. The van der Waals surface area contributed by atoms with Gasteiger partial charge in [0.05, 0.1) is 21.9 Å². The molecule has 1 aliphatic heterocycles. The third kappa shape index (κ3) is 3.88. The van der Waals surface area contributed by atoms with E-state index in [0.717, 1.165) is 11.3 Å². The third-order valence-corrected chi connectivity index (χ3v) is 5.73. The summed E-state index contributed by atoms with van der Waals surface area (Å²) in [6, 6.07) is 10.9. The van der Waals surface area contributed by atoms with E-state index in [1.807, 2.05) is 18.3 Å². The molecule has 3 aromatic rings. The zero-order chi connectivity index (χ0) is 20.7. The Morgan fingerprint density at radius 1 is 1.10 bits per heavy atom. The van der Waals surface area contributed by atoms with Crippen LogP contribution in [-0.2, 0) is 6.42 Å². The third-order valence-electron chi connectivity index (χ3n) is 5.12. The Balaban J connectivity index is 1.31. The maximum Gasteiger partial charge on any atom is 0.275 e. The van der Waals surface area contributed by atoms with Gasteiger partial charge in [-0.25, -0.2) is 15.0 Å². The first-order valence-corrected chi connectivity index (χ1v) is 10.4. The number of hydrogen-bond acceptors (Lipinski definition) is 4. The number of fused-ring (bicyclic) bond motifs is 1. The standard InChI is InChI=1S/C22H17Cl2N5O/c23-15-2-1-3-16(24)21(15)28-20-9-14-8-17(25-11-18(14)27-20)22(30)29-19-7-6-13(10-26-19)12-4-5-12/h1-3,6-8,10-12H,4-5,9H2,(H,27,28)(H,26,29,30). The van der Waals surface area contributed by atoms with Gasteiger partial charge < -0.3 is 10.6 Å². The lowest BCUT2D eigenvalue weighted by molar-refractivity contribution is 0.102. The molecule has 1 amide bonds. The number of carbonyl (C=O) groups is 1. The van der Waals surface area contributed by atoms with Crippen LogP contribution < -0.4 is 10.6 Å². The van der Waals surface area contributed by atoms with Gasteiger partial charge in [0.15, 0.2) is 0 Å². The Morgan fingerprint density at radius 2 is 1.90 bits per heavy atom. The Bertz CT molecular complexity index is 1150. The molecule has 0 radical (unpaired) electrons. The molecule has 0 saturated heterocycles. The van der Waals surface area contributed by atoms with Crippen molar-refractivity contribution in [2.45, 2.75) is 25.2 Å². The monoisotopic (exact) mass is 437 g/mol. The predicted molar refractivity (Wildman–Crippen MR) is 119 cm³/mol. The van der Waals surface area contributed by atoms with E-state index < -0.39 is 0 Å². The lowest BCUT2D eigenvalue weighted by atomic mass is 10.1. The average molecular weight is 438 g/mol. The van der Waals surface area contributed by atoms with Crippen molar-refractivity contribution in [3.8, 4) is 0 Å². The molecule has 6 nitrogen and oxygen atoms in total. The molecule has 0 atom stereocenters. The number of amides is 1. The molecule has 0 spiro atoms. The van der Waals surface area contributed by atoms with Crippen LogP contribution in [0.15, 0.2) is 53.8 Å². The number of nitrogens with zero attached hydrogens (tertiary/aromatic N) is 3.